The highest BCUT2D eigenvalue weighted by molar-refractivity contribution is 8.14. The van der Waals surface area contributed by atoms with Gasteiger partial charge in [-0.05, 0) is 13.8 Å². The standard InChI is InChI=1S/C3H6ClO2S/c1-3(2)7(4,5)6/h3H,1H2,2H3. The van der Waals surface area contributed by atoms with Crippen LogP contribution >= 0.6 is 10.7 Å². The van der Waals surface area contributed by atoms with E-state index in [2.05, 4.69) is 6.92 Å². The highest BCUT2D eigenvalue weighted by Crippen LogP contribution is 2.02. The Morgan fingerprint density at radius 1 is 1.71 bits per heavy atom. The second kappa shape index (κ2) is 2.01. The second-order valence-electron chi connectivity index (χ2n) is 1.29. The molecule has 0 aromatic heterocycles. The predicted molar refractivity (Wildman–Crippen MR) is 29.6 cm³/mol. The Morgan fingerprint density at radius 3 is 1.86 bits per heavy atom. The van der Waals surface area contributed by atoms with E-state index in [-0.39, 0.29) is 0 Å². The summed E-state index contributed by atoms with van der Waals surface area (Å²) in [4.78, 5) is 0. The molecule has 0 N–H and O–H groups in total. The zero-order valence-electron chi connectivity index (χ0n) is 3.89. The number of rotatable bonds is 1. The van der Waals surface area contributed by atoms with Gasteiger partial charge in [0.2, 0.25) is 9.05 Å². The Kier molecular flexibility index (Phi) is 2.08. The minimum absolute atomic E-state index is 0.714. The Bertz CT molecular complexity index is 135. The molecule has 0 amide bonds. The predicted octanol–water partition coefficient (Wildman–Crippen LogP) is 0.778. The first-order chi connectivity index (χ1) is 2.94. The van der Waals surface area contributed by atoms with E-state index in [9.17, 15) is 8.42 Å². The van der Waals surface area contributed by atoms with Crippen LogP contribution in [0, 0.1) is 6.92 Å². The largest absolute Gasteiger partial charge is 0.235 e. The van der Waals surface area contributed by atoms with Gasteiger partial charge in [0.15, 0.2) is 0 Å². The lowest BCUT2D eigenvalue weighted by Crippen LogP contribution is -2.04. The molecule has 1 atom stereocenters. The van der Waals surface area contributed by atoms with E-state index in [0.29, 0.717) is 0 Å². The SMILES string of the molecule is [CH2]C(C)S(=O)(=O)Cl. The van der Waals surface area contributed by atoms with Crippen LogP contribution < -0.4 is 0 Å². The van der Waals surface area contributed by atoms with Crippen LogP contribution in [0.1, 0.15) is 6.92 Å². The fourth-order valence-electron chi connectivity index (χ4n) is 0. The Hall–Kier alpha value is 0.240. The Balaban J connectivity index is 4.10. The molecule has 0 aromatic carbocycles. The first kappa shape index (κ1) is 7.24. The topological polar surface area (TPSA) is 34.1 Å². The highest BCUT2D eigenvalue weighted by Gasteiger charge is 2.09. The van der Waals surface area contributed by atoms with Crippen molar-refractivity contribution in [2.45, 2.75) is 12.2 Å². The first-order valence-electron chi connectivity index (χ1n) is 1.71. The summed E-state index contributed by atoms with van der Waals surface area (Å²) in [5.41, 5.74) is 0. The van der Waals surface area contributed by atoms with Crippen molar-refractivity contribution < 1.29 is 8.42 Å². The maximum absolute atomic E-state index is 10.0. The summed E-state index contributed by atoms with van der Waals surface area (Å²) in [5.74, 6) is 0. The maximum atomic E-state index is 10.0. The first-order valence-corrected chi connectivity index (χ1v) is 4.08. The second-order valence-corrected chi connectivity index (χ2v) is 4.33. The van der Waals surface area contributed by atoms with Gasteiger partial charge in [0.1, 0.15) is 0 Å². The molecule has 0 aliphatic carbocycles. The Labute approximate surface area is 47.9 Å². The van der Waals surface area contributed by atoms with Crippen LogP contribution in [0.2, 0.25) is 0 Å². The van der Waals surface area contributed by atoms with Crippen LogP contribution in [0.15, 0.2) is 0 Å². The molecule has 0 aliphatic rings. The molecule has 2 nitrogen and oxygen atoms in total. The average molecular weight is 142 g/mol. The number of halogens is 1. The molecule has 1 radical (unpaired) electrons. The normalized spacial score (nSPS) is 12.6. The zero-order valence-corrected chi connectivity index (χ0v) is 5.46. The third kappa shape index (κ3) is 2.88. The summed E-state index contributed by atoms with van der Waals surface area (Å²) in [6, 6.07) is 0. The number of hydrogen-bond acceptors (Lipinski definition) is 2. The lowest BCUT2D eigenvalue weighted by atomic mass is 10.6. The number of hydrogen-bond donors (Lipinski definition) is 0. The van der Waals surface area contributed by atoms with Crippen LogP contribution in [0.5, 0.6) is 0 Å². The van der Waals surface area contributed by atoms with Crippen molar-refractivity contribution in [2.24, 2.45) is 0 Å². The van der Waals surface area contributed by atoms with Gasteiger partial charge in [-0.3, -0.25) is 0 Å². The van der Waals surface area contributed by atoms with Gasteiger partial charge in [0.05, 0.1) is 5.25 Å². The molecule has 0 spiro atoms. The van der Waals surface area contributed by atoms with E-state index in [1.54, 1.807) is 0 Å². The molecule has 0 saturated heterocycles. The molecule has 0 heterocycles. The third-order valence-electron chi connectivity index (χ3n) is 0.481. The monoisotopic (exact) mass is 141 g/mol. The molecule has 0 aromatic rings. The third-order valence-corrected chi connectivity index (χ3v) is 2.35. The Morgan fingerprint density at radius 2 is 1.86 bits per heavy atom. The molecule has 0 fully saturated rings. The van der Waals surface area contributed by atoms with Crippen molar-refractivity contribution >= 4 is 19.7 Å². The minimum atomic E-state index is -3.38. The van der Waals surface area contributed by atoms with E-state index in [0.717, 1.165) is 0 Å². The van der Waals surface area contributed by atoms with Crippen LogP contribution in [-0.4, -0.2) is 13.7 Å². The fourth-order valence-corrected chi connectivity index (χ4v) is 0. The quantitative estimate of drug-likeness (QED) is 0.506. The lowest BCUT2D eigenvalue weighted by Gasteiger charge is -1.93. The zero-order chi connectivity index (χ0) is 6.08. The van der Waals surface area contributed by atoms with Gasteiger partial charge in [-0.1, -0.05) is 0 Å². The van der Waals surface area contributed by atoms with Crippen LogP contribution in [0.3, 0.4) is 0 Å². The van der Waals surface area contributed by atoms with Crippen molar-refractivity contribution in [3.05, 3.63) is 6.92 Å². The molecule has 0 saturated carbocycles. The van der Waals surface area contributed by atoms with Gasteiger partial charge in [-0.2, -0.15) is 0 Å². The van der Waals surface area contributed by atoms with Crippen molar-refractivity contribution in [3.8, 4) is 0 Å². The van der Waals surface area contributed by atoms with E-state index < -0.39 is 14.3 Å². The summed E-state index contributed by atoms with van der Waals surface area (Å²) in [7, 11) is 1.40. The highest BCUT2D eigenvalue weighted by atomic mass is 35.7. The molecular formula is C3H6ClO2S. The van der Waals surface area contributed by atoms with Crippen LogP contribution in [0.4, 0.5) is 0 Å². The van der Waals surface area contributed by atoms with Gasteiger partial charge in [-0.25, -0.2) is 8.42 Å². The van der Waals surface area contributed by atoms with Gasteiger partial charge in [-0.15, -0.1) is 0 Å². The molecule has 0 bridgehead atoms. The van der Waals surface area contributed by atoms with Crippen molar-refractivity contribution in [3.63, 3.8) is 0 Å². The summed E-state index contributed by atoms with van der Waals surface area (Å²) < 4.78 is 20.1. The van der Waals surface area contributed by atoms with Crippen molar-refractivity contribution in [1.82, 2.24) is 0 Å². The lowest BCUT2D eigenvalue weighted by molar-refractivity contribution is 0.605. The van der Waals surface area contributed by atoms with E-state index in [4.69, 9.17) is 10.7 Å². The molecule has 0 aliphatic heterocycles. The molecule has 7 heavy (non-hydrogen) atoms. The van der Waals surface area contributed by atoms with E-state index in [1.807, 2.05) is 0 Å². The van der Waals surface area contributed by atoms with Gasteiger partial charge in [0.25, 0.3) is 0 Å². The smallest absolute Gasteiger partial charge is 0.212 e. The maximum Gasteiger partial charge on any atom is 0.235 e. The molecule has 1 unspecified atom stereocenters. The van der Waals surface area contributed by atoms with Crippen molar-refractivity contribution in [1.29, 1.82) is 0 Å². The average Bonchev–Trinajstić information content (AvgIpc) is 1.31. The molecular weight excluding hydrogens is 136 g/mol. The molecule has 0 rings (SSSR count). The fraction of sp³-hybridized carbons (Fsp3) is 0.667. The summed E-state index contributed by atoms with van der Waals surface area (Å²) in [6.45, 7) is 4.61. The minimum Gasteiger partial charge on any atom is -0.212 e. The van der Waals surface area contributed by atoms with E-state index >= 15 is 0 Å². The van der Waals surface area contributed by atoms with Gasteiger partial charge >= 0.3 is 0 Å². The summed E-state index contributed by atoms with van der Waals surface area (Å²) >= 11 is 0. The van der Waals surface area contributed by atoms with Gasteiger partial charge < -0.3 is 0 Å². The summed E-state index contributed by atoms with van der Waals surface area (Å²) in [5, 5.41) is -0.714. The van der Waals surface area contributed by atoms with Crippen molar-refractivity contribution in [2.75, 3.05) is 0 Å². The summed E-state index contributed by atoms with van der Waals surface area (Å²) in [6.07, 6.45) is 0. The van der Waals surface area contributed by atoms with Crippen LogP contribution in [-0.2, 0) is 9.05 Å². The van der Waals surface area contributed by atoms with E-state index in [1.165, 1.54) is 6.92 Å². The van der Waals surface area contributed by atoms with Crippen LogP contribution in [0.25, 0.3) is 0 Å². The molecule has 43 valence electrons. The molecule has 4 heteroatoms. The van der Waals surface area contributed by atoms with Gasteiger partial charge in [0, 0.05) is 10.7 Å².